The number of hydrogen-bond donors (Lipinski definition) is 1. The summed E-state index contributed by atoms with van der Waals surface area (Å²) in [6.07, 6.45) is 0. The van der Waals surface area contributed by atoms with Gasteiger partial charge in [0.25, 0.3) is 0 Å². The second kappa shape index (κ2) is 9.12. The number of rotatable bonds is 8. The van der Waals surface area contributed by atoms with Gasteiger partial charge in [-0.2, -0.15) is 14.0 Å². The maximum absolute atomic E-state index is 12.5. The molecule has 0 saturated carbocycles. The number of nitriles is 1. The van der Waals surface area contributed by atoms with Crippen LogP contribution in [0, 0.1) is 11.3 Å². The number of ether oxygens (including phenoxy) is 2. The molecule has 0 spiro atoms. The summed E-state index contributed by atoms with van der Waals surface area (Å²) in [5.41, 5.74) is 1.10. The third-order valence-electron chi connectivity index (χ3n) is 3.35. The summed E-state index contributed by atoms with van der Waals surface area (Å²) in [6.45, 7) is -2.55. The second-order valence-electron chi connectivity index (χ2n) is 5.36. The monoisotopic (exact) mass is 381 g/mol. The van der Waals surface area contributed by atoms with Crippen molar-refractivity contribution in [3.05, 3.63) is 40.8 Å². The van der Waals surface area contributed by atoms with E-state index in [1.54, 1.807) is 29.5 Å². The van der Waals surface area contributed by atoms with E-state index in [2.05, 4.69) is 10.1 Å². The van der Waals surface area contributed by atoms with Crippen molar-refractivity contribution in [2.24, 2.45) is 0 Å². The number of anilines is 1. The van der Waals surface area contributed by atoms with Gasteiger partial charge in [0.2, 0.25) is 5.91 Å². The zero-order chi connectivity index (χ0) is 19.1. The Labute approximate surface area is 153 Å². The zero-order valence-corrected chi connectivity index (χ0v) is 15.0. The van der Waals surface area contributed by atoms with Gasteiger partial charge in [0.1, 0.15) is 11.1 Å². The molecular weight excluding hydrogens is 364 g/mol. The van der Waals surface area contributed by atoms with Crippen LogP contribution in [0.25, 0.3) is 0 Å². The Hall–Kier alpha value is -2.70. The molecule has 6 nitrogen and oxygen atoms in total. The van der Waals surface area contributed by atoms with Crippen LogP contribution in [0.5, 0.6) is 11.5 Å². The lowest BCUT2D eigenvalue weighted by Gasteiger charge is -2.17. The number of carbonyl (C=O) groups is 1. The van der Waals surface area contributed by atoms with Crippen LogP contribution in [0.3, 0.4) is 0 Å². The first-order valence-electron chi connectivity index (χ1n) is 7.50. The van der Waals surface area contributed by atoms with E-state index in [1.807, 2.05) is 6.07 Å². The van der Waals surface area contributed by atoms with Crippen LogP contribution in [-0.2, 0) is 11.3 Å². The molecule has 0 bridgehead atoms. The molecule has 0 aliphatic carbocycles. The molecule has 0 radical (unpaired) electrons. The minimum Gasteiger partial charge on any atom is -0.493 e. The number of methoxy groups -OCH3 is 1. The molecule has 2 aromatic rings. The minimum absolute atomic E-state index is 0.0601. The fourth-order valence-corrected chi connectivity index (χ4v) is 3.03. The van der Waals surface area contributed by atoms with Gasteiger partial charge in [-0.15, -0.1) is 11.3 Å². The van der Waals surface area contributed by atoms with Crippen LogP contribution >= 0.6 is 11.3 Å². The highest BCUT2D eigenvalue weighted by Crippen LogP contribution is 2.30. The number of halogens is 2. The average molecular weight is 381 g/mol. The van der Waals surface area contributed by atoms with E-state index in [9.17, 15) is 13.6 Å². The van der Waals surface area contributed by atoms with Crippen molar-refractivity contribution in [1.29, 1.82) is 5.26 Å². The van der Waals surface area contributed by atoms with Crippen molar-refractivity contribution in [2.45, 2.75) is 13.2 Å². The van der Waals surface area contributed by atoms with Gasteiger partial charge >= 0.3 is 6.61 Å². The maximum atomic E-state index is 12.5. The van der Waals surface area contributed by atoms with Crippen LogP contribution in [-0.4, -0.2) is 38.1 Å². The molecule has 1 aromatic carbocycles. The first-order chi connectivity index (χ1) is 12.4. The fraction of sp³-hybridized carbons (Fsp3) is 0.294. The van der Waals surface area contributed by atoms with E-state index < -0.39 is 6.61 Å². The molecule has 26 heavy (non-hydrogen) atoms. The zero-order valence-electron chi connectivity index (χ0n) is 14.2. The predicted octanol–water partition coefficient (Wildman–Crippen LogP) is 3.30. The number of amides is 1. The van der Waals surface area contributed by atoms with Crippen LogP contribution in [0.15, 0.2) is 29.6 Å². The Balaban J connectivity index is 1.97. The van der Waals surface area contributed by atoms with Gasteiger partial charge in [0.15, 0.2) is 11.5 Å². The van der Waals surface area contributed by atoms with Gasteiger partial charge in [-0.05, 0) is 36.2 Å². The van der Waals surface area contributed by atoms with Gasteiger partial charge in [-0.1, -0.05) is 6.07 Å². The molecule has 1 aromatic heterocycles. The molecule has 0 unspecified atom stereocenters. The van der Waals surface area contributed by atoms with Gasteiger partial charge in [0.05, 0.1) is 19.2 Å². The van der Waals surface area contributed by atoms with Crippen LogP contribution < -0.4 is 14.8 Å². The Morgan fingerprint density at radius 2 is 2.15 bits per heavy atom. The Bertz CT molecular complexity index is 805. The molecule has 9 heteroatoms. The summed E-state index contributed by atoms with van der Waals surface area (Å²) in [5.74, 6) is -0.129. The van der Waals surface area contributed by atoms with E-state index >= 15 is 0 Å². The third-order valence-corrected chi connectivity index (χ3v) is 4.18. The summed E-state index contributed by atoms with van der Waals surface area (Å²) >= 11 is 1.27. The smallest absolute Gasteiger partial charge is 0.387 e. The first kappa shape index (κ1) is 19.6. The lowest BCUT2D eigenvalue weighted by Crippen LogP contribution is -2.29. The van der Waals surface area contributed by atoms with Crippen LogP contribution in [0.4, 0.5) is 13.8 Å². The topological polar surface area (TPSA) is 74.6 Å². The van der Waals surface area contributed by atoms with Crippen LogP contribution in [0.2, 0.25) is 0 Å². The normalized spacial score (nSPS) is 10.7. The highest BCUT2D eigenvalue weighted by atomic mass is 32.1. The third kappa shape index (κ3) is 5.40. The van der Waals surface area contributed by atoms with Crippen molar-refractivity contribution in [3.8, 4) is 17.6 Å². The summed E-state index contributed by atoms with van der Waals surface area (Å²) in [5, 5.41) is 13.9. The second-order valence-corrected chi connectivity index (χ2v) is 6.28. The Kier molecular flexibility index (Phi) is 6.89. The van der Waals surface area contributed by atoms with Gasteiger partial charge in [0, 0.05) is 6.54 Å². The first-order valence-corrected chi connectivity index (χ1v) is 8.38. The molecule has 0 fully saturated rings. The largest absolute Gasteiger partial charge is 0.493 e. The Morgan fingerprint density at radius 1 is 1.38 bits per heavy atom. The fourth-order valence-electron chi connectivity index (χ4n) is 2.28. The average Bonchev–Trinajstić information content (AvgIpc) is 3.01. The number of benzene rings is 1. The SMILES string of the molecule is COc1ccc(CN(C)CC(=O)Nc2sccc2C#N)cc1OC(F)F. The molecule has 2 rings (SSSR count). The van der Waals surface area contributed by atoms with Gasteiger partial charge < -0.3 is 14.8 Å². The molecule has 0 atom stereocenters. The number of nitrogens with one attached hydrogen (secondary N) is 1. The van der Waals surface area contributed by atoms with Crippen LogP contribution in [0.1, 0.15) is 11.1 Å². The molecule has 1 N–H and O–H groups in total. The molecule has 1 heterocycles. The van der Waals surface area contributed by atoms with Crippen molar-refractivity contribution in [1.82, 2.24) is 4.90 Å². The highest BCUT2D eigenvalue weighted by Gasteiger charge is 2.14. The maximum Gasteiger partial charge on any atom is 0.387 e. The van der Waals surface area contributed by atoms with Crippen molar-refractivity contribution in [3.63, 3.8) is 0 Å². The number of nitrogens with zero attached hydrogens (tertiary/aromatic N) is 2. The van der Waals surface area contributed by atoms with E-state index in [-0.39, 0.29) is 24.0 Å². The molecule has 0 aliphatic rings. The summed E-state index contributed by atoms with van der Waals surface area (Å²) in [4.78, 5) is 13.8. The number of thiophene rings is 1. The predicted molar refractivity (Wildman–Crippen MR) is 93.6 cm³/mol. The van der Waals surface area contributed by atoms with Crippen molar-refractivity contribution in [2.75, 3.05) is 26.0 Å². The number of alkyl halides is 2. The molecule has 138 valence electrons. The van der Waals surface area contributed by atoms with Gasteiger partial charge in [-0.3, -0.25) is 9.69 Å². The summed E-state index contributed by atoms with van der Waals surface area (Å²) in [7, 11) is 3.08. The molecule has 0 aliphatic heterocycles. The summed E-state index contributed by atoms with van der Waals surface area (Å²) in [6, 6.07) is 8.32. The summed E-state index contributed by atoms with van der Waals surface area (Å²) < 4.78 is 34.4. The molecule has 1 amide bonds. The quantitative estimate of drug-likeness (QED) is 0.759. The van der Waals surface area contributed by atoms with E-state index in [4.69, 9.17) is 10.00 Å². The van der Waals surface area contributed by atoms with Crippen molar-refractivity contribution < 1.29 is 23.0 Å². The Morgan fingerprint density at radius 3 is 2.81 bits per heavy atom. The number of carbonyl (C=O) groups excluding carboxylic acids is 1. The minimum atomic E-state index is -2.96. The van der Waals surface area contributed by atoms with Gasteiger partial charge in [-0.25, -0.2) is 0 Å². The lowest BCUT2D eigenvalue weighted by molar-refractivity contribution is -0.117. The highest BCUT2D eigenvalue weighted by molar-refractivity contribution is 7.14. The lowest BCUT2D eigenvalue weighted by atomic mass is 10.2. The molecular formula is C17H17F2N3O3S. The number of hydrogen-bond acceptors (Lipinski definition) is 6. The van der Waals surface area contributed by atoms with E-state index in [0.29, 0.717) is 22.7 Å². The van der Waals surface area contributed by atoms with E-state index in [1.165, 1.54) is 30.6 Å². The standard InChI is InChI=1S/C17H17F2N3O3S/c1-22(10-15(23)21-16-12(8-20)5-6-26-16)9-11-3-4-13(24-2)14(7-11)25-17(18)19/h3-7,17H,9-10H2,1-2H3,(H,21,23). The number of likely N-dealkylation sites (N-methyl/N-ethyl adjacent to an activating group) is 1. The molecule has 0 saturated heterocycles. The van der Waals surface area contributed by atoms with E-state index in [0.717, 1.165) is 0 Å². The van der Waals surface area contributed by atoms with Crippen molar-refractivity contribution >= 4 is 22.2 Å².